The Labute approximate surface area is 153 Å². The summed E-state index contributed by atoms with van der Waals surface area (Å²) in [5.74, 6) is 0.901. The van der Waals surface area contributed by atoms with E-state index in [1.165, 1.54) is 6.07 Å². The first kappa shape index (κ1) is 18.6. The zero-order chi connectivity index (χ0) is 18.5. The Balaban J connectivity index is 1.53. The van der Waals surface area contributed by atoms with Crippen molar-refractivity contribution < 1.29 is 14.5 Å². The third-order valence-electron chi connectivity index (χ3n) is 5.15. The van der Waals surface area contributed by atoms with Crippen molar-refractivity contribution in [1.82, 2.24) is 14.7 Å². The van der Waals surface area contributed by atoms with E-state index >= 15 is 0 Å². The zero-order valence-corrected chi connectivity index (χ0v) is 15.2. The van der Waals surface area contributed by atoms with Crippen LogP contribution in [0.15, 0.2) is 18.2 Å². The van der Waals surface area contributed by atoms with Gasteiger partial charge in [0.05, 0.1) is 18.6 Å². The molecular weight excluding hydrogens is 336 g/mol. The van der Waals surface area contributed by atoms with Crippen LogP contribution in [-0.2, 0) is 11.3 Å². The Hall–Kier alpha value is -2.19. The topological polar surface area (TPSA) is 79.2 Å². The smallest absolute Gasteiger partial charge is 0.270 e. The van der Waals surface area contributed by atoms with Crippen LogP contribution >= 0.6 is 0 Å². The monoisotopic (exact) mass is 362 g/mol. The van der Waals surface area contributed by atoms with Crippen LogP contribution in [0.1, 0.15) is 18.4 Å². The minimum Gasteiger partial charge on any atom is -0.496 e. The number of methoxy groups -OCH3 is 1. The summed E-state index contributed by atoms with van der Waals surface area (Å²) in [4.78, 5) is 29.3. The molecule has 2 heterocycles. The summed E-state index contributed by atoms with van der Waals surface area (Å²) < 4.78 is 5.34. The summed E-state index contributed by atoms with van der Waals surface area (Å²) in [6.07, 6.45) is 2.23. The lowest BCUT2D eigenvalue weighted by Gasteiger charge is -2.35. The van der Waals surface area contributed by atoms with Gasteiger partial charge in [0.1, 0.15) is 5.75 Å². The molecule has 2 saturated heterocycles. The Kier molecular flexibility index (Phi) is 6.05. The lowest BCUT2D eigenvalue weighted by molar-refractivity contribution is -0.385. The molecule has 2 aliphatic rings. The van der Waals surface area contributed by atoms with E-state index in [2.05, 4.69) is 9.80 Å². The van der Waals surface area contributed by atoms with E-state index in [-0.39, 0.29) is 16.5 Å². The first-order valence-electron chi connectivity index (χ1n) is 9.10. The van der Waals surface area contributed by atoms with Crippen LogP contribution in [0.2, 0.25) is 0 Å². The maximum Gasteiger partial charge on any atom is 0.270 e. The average molecular weight is 362 g/mol. The molecule has 0 saturated carbocycles. The summed E-state index contributed by atoms with van der Waals surface area (Å²) in [5, 5.41) is 11.0. The molecule has 3 rings (SSSR count). The molecule has 8 heteroatoms. The van der Waals surface area contributed by atoms with E-state index in [0.29, 0.717) is 18.8 Å². The maximum atomic E-state index is 12.3. The molecule has 0 N–H and O–H groups in total. The number of likely N-dealkylation sites (tertiary alicyclic amines) is 1. The molecule has 142 valence electrons. The second-order valence-corrected chi connectivity index (χ2v) is 6.89. The molecule has 0 aromatic heterocycles. The summed E-state index contributed by atoms with van der Waals surface area (Å²) in [6, 6.07) is 4.70. The SMILES string of the molecule is COc1ccc([N+](=O)[O-])cc1CN1CCN(CC(=O)N2CCCC2)CC1. The molecule has 0 bridgehead atoms. The predicted octanol–water partition coefficient (Wildman–Crippen LogP) is 1.34. The highest BCUT2D eigenvalue weighted by Crippen LogP contribution is 2.25. The first-order chi connectivity index (χ1) is 12.6. The molecule has 1 aromatic carbocycles. The average Bonchev–Trinajstić information content (AvgIpc) is 3.18. The minimum atomic E-state index is -0.384. The van der Waals surface area contributed by atoms with Crippen molar-refractivity contribution in [2.75, 3.05) is 52.9 Å². The van der Waals surface area contributed by atoms with Crippen molar-refractivity contribution in [3.8, 4) is 5.75 Å². The Morgan fingerprint density at radius 3 is 2.38 bits per heavy atom. The van der Waals surface area contributed by atoms with Crippen molar-refractivity contribution in [1.29, 1.82) is 0 Å². The van der Waals surface area contributed by atoms with Crippen LogP contribution in [0.25, 0.3) is 0 Å². The Morgan fingerprint density at radius 1 is 1.12 bits per heavy atom. The zero-order valence-electron chi connectivity index (χ0n) is 15.2. The van der Waals surface area contributed by atoms with Gasteiger partial charge in [-0.2, -0.15) is 0 Å². The molecule has 1 amide bonds. The normalized spacial score (nSPS) is 18.9. The Morgan fingerprint density at radius 2 is 1.77 bits per heavy atom. The Bertz CT molecular complexity index is 653. The highest BCUT2D eigenvalue weighted by atomic mass is 16.6. The number of nitro groups is 1. The summed E-state index contributed by atoms with van der Waals surface area (Å²) in [6.45, 7) is 6.22. The van der Waals surface area contributed by atoms with E-state index in [0.717, 1.165) is 57.7 Å². The van der Waals surface area contributed by atoms with Crippen LogP contribution < -0.4 is 4.74 Å². The van der Waals surface area contributed by atoms with Crippen molar-refractivity contribution in [2.45, 2.75) is 19.4 Å². The fourth-order valence-electron chi connectivity index (χ4n) is 3.61. The summed E-state index contributed by atoms with van der Waals surface area (Å²) in [5.41, 5.74) is 0.902. The van der Waals surface area contributed by atoms with Gasteiger partial charge < -0.3 is 9.64 Å². The van der Waals surface area contributed by atoms with Crippen LogP contribution in [0.5, 0.6) is 5.75 Å². The fourth-order valence-corrected chi connectivity index (χ4v) is 3.61. The van der Waals surface area contributed by atoms with Gasteiger partial charge in [-0.05, 0) is 18.9 Å². The number of carbonyl (C=O) groups excluding carboxylic acids is 1. The van der Waals surface area contributed by atoms with E-state index in [9.17, 15) is 14.9 Å². The van der Waals surface area contributed by atoms with Gasteiger partial charge in [-0.1, -0.05) is 0 Å². The van der Waals surface area contributed by atoms with Gasteiger partial charge >= 0.3 is 0 Å². The van der Waals surface area contributed by atoms with E-state index in [1.54, 1.807) is 19.2 Å². The second-order valence-electron chi connectivity index (χ2n) is 6.89. The van der Waals surface area contributed by atoms with Gasteiger partial charge in [-0.3, -0.25) is 24.7 Å². The molecule has 0 radical (unpaired) electrons. The molecule has 26 heavy (non-hydrogen) atoms. The van der Waals surface area contributed by atoms with Gasteiger partial charge in [0.15, 0.2) is 0 Å². The van der Waals surface area contributed by atoms with Gasteiger partial charge in [-0.15, -0.1) is 0 Å². The number of benzene rings is 1. The number of ether oxygens (including phenoxy) is 1. The second kappa shape index (κ2) is 8.46. The van der Waals surface area contributed by atoms with Crippen LogP contribution in [0, 0.1) is 10.1 Å². The standard InChI is InChI=1S/C18H26N4O4/c1-26-17-5-4-16(22(24)25)12-15(17)13-19-8-10-20(11-9-19)14-18(23)21-6-2-3-7-21/h4-5,12H,2-3,6-11,13-14H2,1H3. The molecule has 2 fully saturated rings. The molecule has 0 unspecified atom stereocenters. The number of piperazine rings is 1. The molecule has 2 aliphatic heterocycles. The van der Waals surface area contributed by atoms with Gasteiger partial charge in [0, 0.05) is 63.5 Å². The molecule has 0 atom stereocenters. The number of amides is 1. The first-order valence-corrected chi connectivity index (χ1v) is 9.10. The summed E-state index contributed by atoms with van der Waals surface area (Å²) >= 11 is 0. The largest absolute Gasteiger partial charge is 0.496 e. The highest BCUT2D eigenvalue weighted by molar-refractivity contribution is 5.78. The number of carbonyl (C=O) groups is 1. The van der Waals surface area contributed by atoms with Gasteiger partial charge in [-0.25, -0.2) is 0 Å². The van der Waals surface area contributed by atoms with E-state index < -0.39 is 0 Å². The molecule has 0 aliphatic carbocycles. The van der Waals surface area contributed by atoms with E-state index in [4.69, 9.17) is 4.74 Å². The van der Waals surface area contributed by atoms with E-state index in [1.807, 2.05) is 4.90 Å². The van der Waals surface area contributed by atoms with Crippen molar-refractivity contribution in [2.24, 2.45) is 0 Å². The predicted molar refractivity (Wildman–Crippen MR) is 97.2 cm³/mol. The van der Waals surface area contributed by atoms with Crippen molar-refractivity contribution in [3.05, 3.63) is 33.9 Å². The molecular formula is C18H26N4O4. The highest BCUT2D eigenvalue weighted by Gasteiger charge is 2.24. The number of non-ortho nitro benzene ring substituents is 1. The number of hydrogen-bond donors (Lipinski definition) is 0. The lowest BCUT2D eigenvalue weighted by Crippen LogP contribution is -2.49. The quantitative estimate of drug-likeness (QED) is 0.561. The third-order valence-corrected chi connectivity index (χ3v) is 5.15. The maximum absolute atomic E-state index is 12.3. The minimum absolute atomic E-state index is 0.0793. The third kappa shape index (κ3) is 4.50. The van der Waals surface area contributed by atoms with Crippen LogP contribution in [0.3, 0.4) is 0 Å². The van der Waals surface area contributed by atoms with Crippen LogP contribution in [0.4, 0.5) is 5.69 Å². The number of nitrogens with zero attached hydrogens (tertiary/aromatic N) is 4. The van der Waals surface area contributed by atoms with Crippen molar-refractivity contribution in [3.63, 3.8) is 0 Å². The van der Waals surface area contributed by atoms with Crippen molar-refractivity contribution >= 4 is 11.6 Å². The number of rotatable bonds is 6. The summed E-state index contributed by atoms with van der Waals surface area (Å²) in [7, 11) is 1.58. The number of nitro benzene ring substituents is 1. The number of hydrogen-bond acceptors (Lipinski definition) is 6. The van der Waals surface area contributed by atoms with Crippen LogP contribution in [-0.4, -0.2) is 78.5 Å². The molecule has 1 aromatic rings. The van der Waals surface area contributed by atoms with Gasteiger partial charge in [0.2, 0.25) is 5.91 Å². The fraction of sp³-hybridized carbons (Fsp3) is 0.611. The molecule has 0 spiro atoms. The van der Waals surface area contributed by atoms with Gasteiger partial charge in [0.25, 0.3) is 5.69 Å². The lowest BCUT2D eigenvalue weighted by atomic mass is 10.1. The molecule has 8 nitrogen and oxygen atoms in total.